The van der Waals surface area contributed by atoms with E-state index in [0.29, 0.717) is 44.8 Å². The number of benzene rings is 1. The molecule has 1 aliphatic heterocycles. The van der Waals surface area contributed by atoms with E-state index in [9.17, 15) is 9.59 Å². The Morgan fingerprint density at radius 3 is 2.76 bits per heavy atom. The third-order valence-corrected chi connectivity index (χ3v) is 4.51. The van der Waals surface area contributed by atoms with Crippen LogP contribution in [-0.2, 0) is 9.53 Å². The zero-order chi connectivity index (χ0) is 17.6. The molecular weight excluding hydrogens is 318 g/mol. The van der Waals surface area contributed by atoms with Crippen LogP contribution in [0.4, 0.5) is 0 Å². The Hall–Kier alpha value is -2.47. The van der Waals surface area contributed by atoms with Gasteiger partial charge in [-0.25, -0.2) is 0 Å². The van der Waals surface area contributed by atoms with E-state index in [1.165, 1.54) is 0 Å². The summed E-state index contributed by atoms with van der Waals surface area (Å²) in [4.78, 5) is 32.9. The molecule has 2 aromatic rings. The van der Waals surface area contributed by atoms with Crippen molar-refractivity contribution in [3.05, 3.63) is 42.1 Å². The summed E-state index contributed by atoms with van der Waals surface area (Å²) >= 11 is 0. The van der Waals surface area contributed by atoms with E-state index in [1.54, 1.807) is 13.3 Å². The average molecular weight is 341 g/mol. The minimum absolute atomic E-state index is 0.0111. The van der Waals surface area contributed by atoms with Crippen molar-refractivity contribution in [3.8, 4) is 0 Å². The largest absolute Gasteiger partial charge is 0.384 e. The Kier molecular flexibility index (Phi) is 5.60. The van der Waals surface area contributed by atoms with Gasteiger partial charge < -0.3 is 14.5 Å². The number of aromatic nitrogens is 1. The lowest BCUT2D eigenvalue weighted by atomic mass is 10.1. The summed E-state index contributed by atoms with van der Waals surface area (Å²) in [5.74, 6) is 0.102. The molecule has 0 atom stereocenters. The highest BCUT2D eigenvalue weighted by Crippen LogP contribution is 2.16. The van der Waals surface area contributed by atoms with Gasteiger partial charge in [0.25, 0.3) is 5.91 Å². The fraction of sp³-hybridized carbons (Fsp3) is 0.421. The smallest absolute Gasteiger partial charge is 0.253 e. The number of hydrogen-bond acceptors (Lipinski definition) is 4. The van der Waals surface area contributed by atoms with Crippen molar-refractivity contribution < 1.29 is 14.3 Å². The van der Waals surface area contributed by atoms with Crippen molar-refractivity contribution in [3.63, 3.8) is 0 Å². The summed E-state index contributed by atoms with van der Waals surface area (Å²) in [6.45, 7) is 2.92. The Morgan fingerprint density at radius 2 is 1.92 bits per heavy atom. The molecule has 25 heavy (non-hydrogen) atoms. The maximum Gasteiger partial charge on any atom is 0.253 e. The first-order chi connectivity index (χ1) is 12.2. The van der Waals surface area contributed by atoms with Gasteiger partial charge in [-0.2, -0.15) is 0 Å². The Balaban J connectivity index is 1.66. The van der Waals surface area contributed by atoms with Crippen LogP contribution in [0, 0.1) is 0 Å². The minimum atomic E-state index is 0.0111. The van der Waals surface area contributed by atoms with Gasteiger partial charge in [0, 0.05) is 50.4 Å². The van der Waals surface area contributed by atoms with Crippen LogP contribution >= 0.6 is 0 Å². The molecule has 0 bridgehead atoms. The van der Waals surface area contributed by atoms with Crippen molar-refractivity contribution in [2.24, 2.45) is 0 Å². The lowest BCUT2D eigenvalue weighted by molar-refractivity contribution is -0.132. The van der Waals surface area contributed by atoms with Crippen molar-refractivity contribution in [2.45, 2.75) is 12.8 Å². The molecule has 3 rings (SSSR count). The van der Waals surface area contributed by atoms with Crippen LogP contribution in [0.3, 0.4) is 0 Å². The van der Waals surface area contributed by atoms with Crippen LogP contribution in [0.2, 0.25) is 0 Å². The van der Waals surface area contributed by atoms with Gasteiger partial charge in [-0.3, -0.25) is 14.6 Å². The standard InChI is InChI=1S/C19H23N3O3/c1-25-13-7-18(23)21-9-3-10-22(12-11-21)19(24)16-5-6-17-15(14-16)4-2-8-20-17/h2,4-6,8,14H,3,7,9-13H2,1H3. The Morgan fingerprint density at radius 1 is 1.12 bits per heavy atom. The molecule has 0 N–H and O–H groups in total. The third-order valence-electron chi connectivity index (χ3n) is 4.51. The molecule has 0 radical (unpaired) electrons. The van der Waals surface area contributed by atoms with Crippen LogP contribution in [0.25, 0.3) is 10.9 Å². The number of hydrogen-bond donors (Lipinski definition) is 0. The topological polar surface area (TPSA) is 62.7 Å². The van der Waals surface area contributed by atoms with Crippen molar-refractivity contribution >= 4 is 22.7 Å². The lowest BCUT2D eigenvalue weighted by Crippen LogP contribution is -2.37. The molecule has 1 saturated heterocycles. The Labute approximate surface area is 147 Å². The first-order valence-corrected chi connectivity index (χ1v) is 8.60. The number of carbonyl (C=O) groups is 2. The predicted octanol–water partition coefficient (Wildman–Crippen LogP) is 1.95. The number of ether oxygens (including phenoxy) is 1. The van der Waals surface area contributed by atoms with E-state index in [0.717, 1.165) is 17.3 Å². The zero-order valence-electron chi connectivity index (χ0n) is 14.5. The lowest BCUT2D eigenvalue weighted by Gasteiger charge is -2.22. The molecule has 1 aliphatic rings. The van der Waals surface area contributed by atoms with E-state index in [1.807, 2.05) is 40.1 Å². The molecular formula is C19H23N3O3. The molecule has 0 aliphatic carbocycles. The van der Waals surface area contributed by atoms with E-state index in [4.69, 9.17) is 4.74 Å². The maximum absolute atomic E-state index is 12.8. The van der Waals surface area contributed by atoms with Crippen LogP contribution < -0.4 is 0 Å². The molecule has 1 fully saturated rings. The number of rotatable bonds is 4. The van der Waals surface area contributed by atoms with Crippen LogP contribution in [0.15, 0.2) is 36.5 Å². The molecule has 6 heteroatoms. The predicted molar refractivity (Wildman–Crippen MR) is 95.3 cm³/mol. The fourth-order valence-corrected chi connectivity index (χ4v) is 3.11. The van der Waals surface area contributed by atoms with Gasteiger partial charge in [0.1, 0.15) is 0 Å². The highest BCUT2D eigenvalue weighted by atomic mass is 16.5. The summed E-state index contributed by atoms with van der Waals surface area (Å²) in [5, 5.41) is 0.958. The first-order valence-electron chi connectivity index (χ1n) is 8.60. The van der Waals surface area contributed by atoms with Crippen molar-refractivity contribution in [1.82, 2.24) is 14.8 Å². The average Bonchev–Trinajstić information content (AvgIpc) is 2.91. The highest BCUT2D eigenvalue weighted by Gasteiger charge is 2.22. The van der Waals surface area contributed by atoms with Crippen LogP contribution in [-0.4, -0.2) is 66.5 Å². The molecule has 0 spiro atoms. The molecule has 0 saturated carbocycles. The quantitative estimate of drug-likeness (QED) is 0.853. The molecule has 2 heterocycles. The summed E-state index contributed by atoms with van der Waals surface area (Å²) in [6.07, 6.45) is 2.93. The number of amides is 2. The third kappa shape index (κ3) is 4.14. The minimum Gasteiger partial charge on any atom is -0.384 e. The van der Waals surface area contributed by atoms with Gasteiger partial charge in [0.15, 0.2) is 0 Å². The number of fused-ring (bicyclic) bond motifs is 1. The van der Waals surface area contributed by atoms with Crippen molar-refractivity contribution in [1.29, 1.82) is 0 Å². The van der Waals surface area contributed by atoms with E-state index in [2.05, 4.69) is 4.98 Å². The zero-order valence-corrected chi connectivity index (χ0v) is 14.5. The summed E-state index contributed by atoms with van der Waals surface area (Å²) in [6, 6.07) is 9.41. The molecule has 2 amide bonds. The van der Waals surface area contributed by atoms with E-state index >= 15 is 0 Å². The fourth-order valence-electron chi connectivity index (χ4n) is 3.11. The van der Waals surface area contributed by atoms with Gasteiger partial charge in [-0.1, -0.05) is 6.07 Å². The number of carbonyl (C=O) groups excluding carboxylic acids is 2. The van der Waals surface area contributed by atoms with Gasteiger partial charge in [-0.15, -0.1) is 0 Å². The monoisotopic (exact) mass is 341 g/mol. The second kappa shape index (κ2) is 8.07. The summed E-state index contributed by atoms with van der Waals surface area (Å²) < 4.78 is 4.97. The number of methoxy groups -OCH3 is 1. The van der Waals surface area contributed by atoms with Gasteiger partial charge in [-0.05, 0) is 30.7 Å². The van der Waals surface area contributed by atoms with Gasteiger partial charge >= 0.3 is 0 Å². The molecule has 1 aromatic carbocycles. The maximum atomic E-state index is 12.8. The van der Waals surface area contributed by atoms with Crippen molar-refractivity contribution in [2.75, 3.05) is 39.9 Å². The molecule has 6 nitrogen and oxygen atoms in total. The normalized spacial score (nSPS) is 15.2. The summed E-state index contributed by atoms with van der Waals surface area (Å²) in [5.41, 5.74) is 1.55. The molecule has 132 valence electrons. The van der Waals surface area contributed by atoms with Crippen LogP contribution in [0.5, 0.6) is 0 Å². The number of nitrogens with zero attached hydrogens (tertiary/aromatic N) is 3. The molecule has 1 aromatic heterocycles. The number of pyridine rings is 1. The van der Waals surface area contributed by atoms with Gasteiger partial charge in [0.05, 0.1) is 18.5 Å². The van der Waals surface area contributed by atoms with Crippen LogP contribution in [0.1, 0.15) is 23.2 Å². The SMILES string of the molecule is COCCC(=O)N1CCCN(C(=O)c2ccc3ncccc3c2)CC1. The summed E-state index contributed by atoms with van der Waals surface area (Å²) in [7, 11) is 1.59. The second-order valence-corrected chi connectivity index (χ2v) is 6.18. The Bertz CT molecular complexity index is 762. The first kappa shape index (κ1) is 17.4. The molecule has 0 unspecified atom stereocenters. The van der Waals surface area contributed by atoms with E-state index < -0.39 is 0 Å². The van der Waals surface area contributed by atoms with E-state index in [-0.39, 0.29) is 11.8 Å². The highest BCUT2D eigenvalue weighted by molar-refractivity contribution is 5.98. The van der Waals surface area contributed by atoms with Gasteiger partial charge in [0.2, 0.25) is 5.91 Å². The second-order valence-electron chi connectivity index (χ2n) is 6.18.